The summed E-state index contributed by atoms with van der Waals surface area (Å²) in [7, 11) is 6.87. The molecule has 4 unspecified atom stereocenters. The van der Waals surface area contributed by atoms with Gasteiger partial charge in [0.25, 0.3) is 0 Å². The Morgan fingerprint density at radius 2 is 1.70 bits per heavy atom. The van der Waals surface area contributed by atoms with Gasteiger partial charge < -0.3 is 44.1 Å². The van der Waals surface area contributed by atoms with Gasteiger partial charge in [0.1, 0.15) is 11.7 Å². The van der Waals surface area contributed by atoms with Gasteiger partial charge in [-0.25, -0.2) is 9.78 Å². The molecule has 3 aliphatic heterocycles. The highest BCUT2D eigenvalue weighted by Gasteiger charge is 2.30. The largest absolute Gasteiger partial charge is 0.469 e. The van der Waals surface area contributed by atoms with Crippen LogP contribution in [0.5, 0.6) is 0 Å². The van der Waals surface area contributed by atoms with Crippen molar-refractivity contribution in [3.05, 3.63) is 75.4 Å². The SMILES string of the molecule is C=Cc1c(C)c2cc3nc(c(CC=O)c4nc(cc5[nH]c(cc1[nH]2)c(C)c5CC)C(C)=C4C(=O)OC)CC3C.CCC(=O)OC.CN(C)CCCSC1CC(O)CC(CO)O1. The van der Waals surface area contributed by atoms with Crippen LogP contribution >= 0.6 is 11.8 Å². The number of nitrogens with zero attached hydrogens (tertiary/aromatic N) is 3. The van der Waals surface area contributed by atoms with E-state index >= 15 is 0 Å². The van der Waals surface area contributed by atoms with E-state index in [1.54, 1.807) is 18.7 Å². The molecule has 4 atom stereocenters. The molecule has 61 heavy (non-hydrogen) atoms. The van der Waals surface area contributed by atoms with Crippen molar-refractivity contribution in [3.63, 3.8) is 0 Å². The molecule has 1 saturated heterocycles. The first-order valence-corrected chi connectivity index (χ1v) is 22.1. The first kappa shape index (κ1) is 49.1. The van der Waals surface area contributed by atoms with Gasteiger partial charge in [-0.15, -0.1) is 11.8 Å². The number of fused-ring (bicyclic) bond motifs is 8. The van der Waals surface area contributed by atoms with Crippen molar-refractivity contribution in [2.75, 3.05) is 47.2 Å². The molecule has 332 valence electrons. The van der Waals surface area contributed by atoms with E-state index in [0.29, 0.717) is 53.8 Å². The van der Waals surface area contributed by atoms with Crippen LogP contribution in [0.25, 0.3) is 39.3 Å². The minimum Gasteiger partial charge on any atom is -0.469 e. The lowest BCUT2D eigenvalue weighted by molar-refractivity contribution is -0.140. The first-order valence-electron chi connectivity index (χ1n) is 21.0. The summed E-state index contributed by atoms with van der Waals surface area (Å²) < 4.78 is 15.1. The minimum atomic E-state index is -0.475. The molecule has 3 aromatic heterocycles. The number of hydrogen-bond donors (Lipinski definition) is 4. The van der Waals surface area contributed by atoms with Crippen LogP contribution in [0.1, 0.15) is 110 Å². The van der Waals surface area contributed by atoms with E-state index < -0.39 is 5.97 Å². The number of thioether (sulfide) groups is 1. The fourth-order valence-electron chi connectivity index (χ4n) is 7.70. The Morgan fingerprint density at radius 3 is 2.30 bits per heavy atom. The maximum Gasteiger partial charge on any atom is 0.340 e. The average molecular weight is 860 g/mol. The van der Waals surface area contributed by atoms with Gasteiger partial charge in [0.05, 0.1) is 50.0 Å². The highest BCUT2D eigenvalue weighted by molar-refractivity contribution is 7.99. The highest BCUT2D eigenvalue weighted by Crippen LogP contribution is 2.37. The van der Waals surface area contributed by atoms with Crippen LogP contribution in [-0.2, 0) is 47.9 Å². The number of nitrogens with one attached hydrogen (secondary N) is 2. The standard InChI is InChI=1S/C32H34N4O3.C11H23NO3S.C4H8O2/c1-8-20-17(4)24-13-23-16(3)12-27(33-23)22(10-11-37)31-30(32(38)39-7)19(6)26(36-31)15-29-21(9-2)18(5)25(35-29)14-28(20)34-24;1-12(2)4-3-5-16-11-7-9(14)6-10(8-13)15-11;1-3-4(5)6-2/h8,11,13-16,34-35H,1,9-10,12H2,2-7H3;9-11,13-14H,3-8H2,1-2H3;3H2,1-2H3. The molecule has 6 rings (SSSR count). The summed E-state index contributed by atoms with van der Waals surface area (Å²) in [5.41, 5.74) is 13.0. The van der Waals surface area contributed by atoms with Gasteiger partial charge in [-0.05, 0) is 107 Å². The molecule has 14 heteroatoms. The second-order valence-corrected chi connectivity index (χ2v) is 17.0. The van der Waals surface area contributed by atoms with Gasteiger partial charge >= 0.3 is 11.9 Å². The summed E-state index contributed by atoms with van der Waals surface area (Å²) in [4.78, 5) is 54.1. The van der Waals surface area contributed by atoms with Crippen molar-refractivity contribution in [2.45, 2.75) is 110 Å². The second kappa shape index (κ2) is 23.0. The summed E-state index contributed by atoms with van der Waals surface area (Å²) in [5, 5.41) is 18.6. The fraction of sp³-hybridized carbons (Fsp3) is 0.511. The third-order valence-electron chi connectivity index (χ3n) is 11.2. The average Bonchev–Trinajstić information content (AvgIpc) is 3.95. The molecule has 4 N–H and O–H groups in total. The van der Waals surface area contributed by atoms with Crippen LogP contribution in [0.2, 0.25) is 0 Å². The van der Waals surface area contributed by atoms with Gasteiger partial charge in [-0.2, -0.15) is 0 Å². The van der Waals surface area contributed by atoms with Crippen LogP contribution in [0, 0.1) is 13.8 Å². The summed E-state index contributed by atoms with van der Waals surface area (Å²) in [5.74, 6) is 0.531. The number of aldehydes is 1. The van der Waals surface area contributed by atoms with Gasteiger partial charge in [-0.1, -0.05) is 33.4 Å². The maximum atomic E-state index is 13.0. The lowest BCUT2D eigenvalue weighted by Gasteiger charge is -2.31. The van der Waals surface area contributed by atoms with E-state index in [9.17, 15) is 19.5 Å². The van der Waals surface area contributed by atoms with E-state index in [2.05, 4.69) is 80.1 Å². The van der Waals surface area contributed by atoms with Crippen molar-refractivity contribution in [3.8, 4) is 0 Å². The van der Waals surface area contributed by atoms with Gasteiger partial charge in [-0.3, -0.25) is 9.78 Å². The number of carbonyl (C=O) groups excluding carboxylic acids is 3. The Morgan fingerprint density at radius 1 is 1.00 bits per heavy atom. The smallest absolute Gasteiger partial charge is 0.340 e. The normalized spacial score (nSPS) is 18.4. The van der Waals surface area contributed by atoms with Crippen molar-refractivity contribution < 1.29 is 38.8 Å². The number of aliphatic hydroxyl groups excluding tert-OH is 2. The quantitative estimate of drug-likeness (QED) is 0.0806. The molecule has 0 amide bonds. The zero-order chi connectivity index (χ0) is 45.0. The number of aromatic nitrogens is 4. The first-order chi connectivity index (χ1) is 29.1. The lowest BCUT2D eigenvalue weighted by Crippen LogP contribution is -2.36. The van der Waals surface area contributed by atoms with E-state index in [1.807, 2.05) is 19.1 Å². The van der Waals surface area contributed by atoms with Crippen LogP contribution in [-0.4, -0.2) is 118 Å². The molecular formula is C47H65N5O8S. The van der Waals surface area contributed by atoms with Gasteiger partial charge in [0, 0.05) is 76.2 Å². The number of methoxy groups -OCH3 is 2. The van der Waals surface area contributed by atoms with Crippen LogP contribution in [0.4, 0.5) is 0 Å². The second-order valence-electron chi connectivity index (χ2n) is 15.8. The number of rotatable bonds is 12. The van der Waals surface area contributed by atoms with E-state index in [1.165, 1.54) is 19.8 Å². The molecule has 13 nitrogen and oxygen atoms in total. The maximum absolute atomic E-state index is 13.0. The van der Waals surface area contributed by atoms with Crippen molar-refractivity contribution in [2.24, 2.45) is 0 Å². The molecule has 0 aromatic carbocycles. The number of aliphatic hydroxyl groups is 2. The van der Waals surface area contributed by atoms with Crippen molar-refractivity contribution in [1.29, 1.82) is 0 Å². The molecule has 6 heterocycles. The Labute approximate surface area is 364 Å². The van der Waals surface area contributed by atoms with E-state index in [4.69, 9.17) is 24.5 Å². The minimum absolute atomic E-state index is 0.00577. The Bertz CT molecular complexity index is 2240. The number of aryl methyl sites for hydroxylation is 3. The molecule has 0 aliphatic carbocycles. The number of hydrogen-bond acceptors (Lipinski definition) is 12. The van der Waals surface area contributed by atoms with Gasteiger partial charge in [0.15, 0.2) is 0 Å². The van der Waals surface area contributed by atoms with Crippen LogP contribution < -0.4 is 0 Å². The topological polar surface area (TPSA) is 180 Å². The predicted molar refractivity (Wildman–Crippen MR) is 245 cm³/mol. The number of allylic oxidation sites excluding steroid dienone is 1. The van der Waals surface area contributed by atoms with Crippen molar-refractivity contribution >= 4 is 69.3 Å². The monoisotopic (exact) mass is 859 g/mol. The third kappa shape index (κ3) is 12.3. The summed E-state index contributed by atoms with van der Waals surface area (Å²) in [6.45, 7) is 17.2. The van der Waals surface area contributed by atoms with Crippen molar-refractivity contribution in [1.82, 2.24) is 24.8 Å². The Kier molecular flexibility index (Phi) is 18.5. The molecular weight excluding hydrogens is 795 g/mol. The predicted octanol–water partition coefficient (Wildman–Crippen LogP) is 7.43. The molecule has 8 bridgehead atoms. The van der Waals surface area contributed by atoms with Crippen LogP contribution in [0.15, 0.2) is 24.8 Å². The molecule has 3 aromatic rings. The zero-order valence-corrected chi connectivity index (χ0v) is 38.4. The Hall–Kier alpha value is -4.60. The number of H-pyrrole nitrogens is 2. The number of carbonyl (C=O) groups is 3. The van der Waals surface area contributed by atoms with Gasteiger partial charge in [0.2, 0.25) is 0 Å². The van der Waals surface area contributed by atoms with E-state index in [-0.39, 0.29) is 42.6 Å². The summed E-state index contributed by atoms with van der Waals surface area (Å²) in [6, 6.07) is 6.20. The number of aromatic amines is 2. The van der Waals surface area contributed by atoms with Crippen LogP contribution in [0.3, 0.4) is 0 Å². The number of esters is 2. The lowest BCUT2D eigenvalue weighted by atomic mass is 9.97. The fourth-order valence-corrected chi connectivity index (χ4v) is 8.85. The molecule has 0 saturated carbocycles. The molecule has 0 radical (unpaired) electrons. The summed E-state index contributed by atoms with van der Waals surface area (Å²) >= 11 is 1.74. The Balaban J connectivity index is 0.000000307. The number of ether oxygens (including phenoxy) is 3. The molecule has 3 aliphatic rings. The van der Waals surface area contributed by atoms with E-state index in [0.717, 1.165) is 81.6 Å². The zero-order valence-electron chi connectivity index (χ0n) is 37.6. The molecule has 0 spiro atoms. The third-order valence-corrected chi connectivity index (χ3v) is 12.4. The molecule has 1 fully saturated rings. The highest BCUT2D eigenvalue weighted by atomic mass is 32.2. The summed E-state index contributed by atoms with van der Waals surface area (Å²) in [6.07, 6.45) is 6.63.